The van der Waals surface area contributed by atoms with Crippen molar-refractivity contribution in [2.75, 3.05) is 22.3 Å². The van der Waals surface area contributed by atoms with E-state index in [9.17, 15) is 23.1 Å². The molecule has 2 unspecified atom stereocenters. The molecular weight excluding hydrogens is 399 g/mol. The highest BCUT2D eigenvalue weighted by atomic mass is 19.4. The largest absolute Gasteiger partial charge is 0.421 e. The summed E-state index contributed by atoms with van der Waals surface area (Å²) < 4.78 is 40.3. The minimum absolute atomic E-state index is 0.125. The van der Waals surface area contributed by atoms with E-state index in [1.807, 2.05) is 12.1 Å². The van der Waals surface area contributed by atoms with Gasteiger partial charge in [0.05, 0.1) is 18.2 Å². The molecule has 2 aliphatic rings. The molecular formula is C20H22F3N5O2. The standard InChI is InChI=1S/C20H22F3N5O2/c21-20(22,23)14-11-25-19(26-18(14)24-10-13-6-2-4-8-16(13)29)27-28-15-7-3-1-5-12(15)9-17(28)30/h1,3,5,7,11,13,16,29H,2,4,6,8-10H2,(H2,24,25,26,27). The summed E-state index contributed by atoms with van der Waals surface area (Å²) >= 11 is 0. The minimum Gasteiger partial charge on any atom is -0.393 e. The van der Waals surface area contributed by atoms with Crippen LogP contribution < -0.4 is 15.8 Å². The number of hydrogen-bond donors (Lipinski definition) is 3. The summed E-state index contributed by atoms with van der Waals surface area (Å²) in [5, 5.41) is 14.1. The Bertz CT molecular complexity index is 937. The van der Waals surface area contributed by atoms with E-state index in [0.29, 0.717) is 18.3 Å². The molecule has 1 aliphatic heterocycles. The first-order valence-corrected chi connectivity index (χ1v) is 9.86. The molecule has 0 radical (unpaired) electrons. The highest BCUT2D eigenvalue weighted by Gasteiger charge is 2.36. The van der Waals surface area contributed by atoms with Gasteiger partial charge in [-0.3, -0.25) is 10.2 Å². The minimum atomic E-state index is -4.64. The molecule has 1 aliphatic carbocycles. The zero-order valence-electron chi connectivity index (χ0n) is 16.1. The van der Waals surface area contributed by atoms with Crippen LogP contribution in [0.25, 0.3) is 0 Å². The van der Waals surface area contributed by atoms with E-state index >= 15 is 0 Å². The zero-order chi connectivity index (χ0) is 21.3. The number of carbonyl (C=O) groups is 1. The molecule has 160 valence electrons. The van der Waals surface area contributed by atoms with Gasteiger partial charge in [-0.15, -0.1) is 0 Å². The molecule has 7 nitrogen and oxygen atoms in total. The molecule has 1 amide bonds. The average molecular weight is 421 g/mol. The fraction of sp³-hybridized carbons (Fsp3) is 0.450. The Kier molecular flexibility index (Phi) is 5.50. The molecule has 2 aromatic rings. The number of alkyl halides is 3. The van der Waals surface area contributed by atoms with Gasteiger partial charge < -0.3 is 10.4 Å². The number of carbonyl (C=O) groups excluding carboxylic acids is 1. The highest BCUT2D eigenvalue weighted by Crippen LogP contribution is 2.35. The van der Waals surface area contributed by atoms with Gasteiger partial charge in [-0.05, 0) is 24.5 Å². The van der Waals surface area contributed by atoms with Crippen LogP contribution >= 0.6 is 0 Å². The molecule has 0 saturated heterocycles. The van der Waals surface area contributed by atoms with E-state index in [0.717, 1.165) is 24.8 Å². The van der Waals surface area contributed by atoms with Gasteiger partial charge in [0.2, 0.25) is 11.9 Å². The van der Waals surface area contributed by atoms with Crippen LogP contribution in [0.15, 0.2) is 30.5 Å². The predicted octanol–water partition coefficient (Wildman–Crippen LogP) is 3.37. The van der Waals surface area contributed by atoms with Crippen LogP contribution in [-0.4, -0.2) is 33.6 Å². The number of aromatic nitrogens is 2. The fourth-order valence-corrected chi connectivity index (χ4v) is 3.91. The highest BCUT2D eigenvalue weighted by molar-refractivity contribution is 6.02. The van der Waals surface area contributed by atoms with Crippen molar-refractivity contribution in [1.29, 1.82) is 0 Å². The summed E-state index contributed by atoms with van der Waals surface area (Å²) in [6.07, 6.45) is -1.06. The molecule has 1 aromatic heterocycles. The first kappa shape index (κ1) is 20.4. The lowest BCUT2D eigenvalue weighted by atomic mass is 9.86. The number of hydrazine groups is 1. The normalized spacial score (nSPS) is 21.5. The van der Waals surface area contributed by atoms with E-state index in [-0.39, 0.29) is 36.6 Å². The third kappa shape index (κ3) is 4.18. The predicted molar refractivity (Wildman–Crippen MR) is 105 cm³/mol. The number of rotatable bonds is 5. The molecule has 30 heavy (non-hydrogen) atoms. The Morgan fingerprint density at radius 1 is 1.20 bits per heavy atom. The van der Waals surface area contributed by atoms with Crippen LogP contribution in [0.1, 0.15) is 36.8 Å². The third-order valence-electron chi connectivity index (χ3n) is 5.53. The smallest absolute Gasteiger partial charge is 0.393 e. The number of amides is 1. The second kappa shape index (κ2) is 8.10. The number of nitrogens with zero attached hydrogens (tertiary/aromatic N) is 3. The third-order valence-corrected chi connectivity index (χ3v) is 5.53. The van der Waals surface area contributed by atoms with Crippen molar-refractivity contribution in [2.45, 2.75) is 44.4 Å². The van der Waals surface area contributed by atoms with Crippen LogP contribution in [0.4, 0.5) is 30.6 Å². The molecule has 1 saturated carbocycles. The van der Waals surface area contributed by atoms with Gasteiger partial charge in [-0.25, -0.2) is 9.99 Å². The number of nitrogens with one attached hydrogen (secondary N) is 2. The molecule has 1 fully saturated rings. The van der Waals surface area contributed by atoms with Crippen molar-refractivity contribution in [3.63, 3.8) is 0 Å². The molecule has 2 heterocycles. The van der Waals surface area contributed by atoms with Crippen molar-refractivity contribution in [3.05, 3.63) is 41.6 Å². The Labute approximate surface area is 171 Å². The molecule has 10 heteroatoms. The summed E-state index contributed by atoms with van der Waals surface area (Å²) in [7, 11) is 0. The first-order valence-electron chi connectivity index (χ1n) is 9.86. The van der Waals surface area contributed by atoms with E-state index in [1.54, 1.807) is 12.1 Å². The maximum Gasteiger partial charge on any atom is 0.421 e. The lowest BCUT2D eigenvalue weighted by Gasteiger charge is -2.28. The number of aliphatic hydroxyl groups excluding tert-OH is 1. The van der Waals surface area contributed by atoms with Gasteiger partial charge in [-0.1, -0.05) is 31.0 Å². The van der Waals surface area contributed by atoms with Crippen LogP contribution in [-0.2, 0) is 17.4 Å². The number of fused-ring (bicyclic) bond motifs is 1. The second-order valence-electron chi connectivity index (χ2n) is 7.59. The average Bonchev–Trinajstić information content (AvgIpc) is 3.02. The van der Waals surface area contributed by atoms with E-state index in [1.165, 1.54) is 5.01 Å². The van der Waals surface area contributed by atoms with E-state index in [4.69, 9.17) is 0 Å². The van der Waals surface area contributed by atoms with Gasteiger partial charge >= 0.3 is 6.18 Å². The van der Waals surface area contributed by atoms with E-state index < -0.39 is 17.8 Å². The van der Waals surface area contributed by atoms with E-state index in [2.05, 4.69) is 20.7 Å². The van der Waals surface area contributed by atoms with Crippen LogP contribution in [0, 0.1) is 5.92 Å². The number of hydrogen-bond acceptors (Lipinski definition) is 6. The maximum absolute atomic E-state index is 13.4. The molecule has 1 aromatic carbocycles. The van der Waals surface area contributed by atoms with Gasteiger partial charge in [0.1, 0.15) is 11.4 Å². The number of halogens is 3. The van der Waals surface area contributed by atoms with Crippen molar-refractivity contribution in [3.8, 4) is 0 Å². The van der Waals surface area contributed by atoms with Gasteiger partial charge in [0.15, 0.2) is 0 Å². The Balaban J connectivity index is 1.56. The Morgan fingerprint density at radius 2 is 1.97 bits per heavy atom. The van der Waals surface area contributed by atoms with Gasteiger partial charge in [0.25, 0.3) is 0 Å². The van der Waals surface area contributed by atoms with Crippen LogP contribution in [0.3, 0.4) is 0 Å². The number of benzene rings is 1. The van der Waals surface area contributed by atoms with Crippen LogP contribution in [0.5, 0.6) is 0 Å². The molecule has 0 spiro atoms. The molecule has 4 rings (SSSR count). The summed E-state index contributed by atoms with van der Waals surface area (Å²) in [4.78, 5) is 20.1. The lowest BCUT2D eigenvalue weighted by Crippen LogP contribution is -2.34. The number of anilines is 3. The summed E-state index contributed by atoms with van der Waals surface area (Å²) in [5.74, 6) is -0.893. The zero-order valence-corrected chi connectivity index (χ0v) is 16.1. The number of aliphatic hydroxyl groups is 1. The fourth-order valence-electron chi connectivity index (χ4n) is 3.91. The van der Waals surface area contributed by atoms with Crippen LogP contribution in [0.2, 0.25) is 0 Å². The van der Waals surface area contributed by atoms with Crippen molar-refractivity contribution < 1.29 is 23.1 Å². The summed E-state index contributed by atoms with van der Waals surface area (Å²) in [6.45, 7) is 0.173. The monoisotopic (exact) mass is 421 g/mol. The van der Waals surface area contributed by atoms with Crippen molar-refractivity contribution in [1.82, 2.24) is 9.97 Å². The van der Waals surface area contributed by atoms with Crippen molar-refractivity contribution >= 4 is 23.4 Å². The summed E-state index contributed by atoms with van der Waals surface area (Å²) in [6, 6.07) is 7.13. The molecule has 3 N–H and O–H groups in total. The molecule has 2 atom stereocenters. The maximum atomic E-state index is 13.4. The molecule has 0 bridgehead atoms. The van der Waals surface area contributed by atoms with Gasteiger partial charge in [-0.2, -0.15) is 18.2 Å². The lowest BCUT2D eigenvalue weighted by molar-refractivity contribution is -0.137. The number of para-hydroxylation sites is 1. The van der Waals surface area contributed by atoms with Crippen molar-refractivity contribution in [2.24, 2.45) is 5.92 Å². The van der Waals surface area contributed by atoms with Gasteiger partial charge in [0, 0.05) is 18.7 Å². The second-order valence-corrected chi connectivity index (χ2v) is 7.59. The quantitative estimate of drug-likeness (QED) is 0.686. The Morgan fingerprint density at radius 3 is 2.73 bits per heavy atom. The Hall–Kier alpha value is -2.88. The summed E-state index contributed by atoms with van der Waals surface area (Å²) in [5.41, 5.74) is 3.15. The first-order chi connectivity index (χ1) is 14.3. The SMILES string of the molecule is O=C1Cc2ccccc2N1Nc1ncc(C(F)(F)F)c(NCC2CCCCC2O)n1. The topological polar surface area (TPSA) is 90.4 Å².